The number of carbonyl (C=O) groups is 2. The van der Waals surface area contributed by atoms with Crippen LogP contribution in [0.25, 0.3) is 0 Å². The SMILES string of the molecule is CCOC(=O)c1ccc(NC(=O)c2cccnc2)cc1Cl. The smallest absolute Gasteiger partial charge is 0.339 e. The molecular formula is C15H13ClN2O3. The van der Waals surface area contributed by atoms with Gasteiger partial charge in [0, 0.05) is 18.1 Å². The minimum Gasteiger partial charge on any atom is -0.462 e. The zero-order valence-corrected chi connectivity index (χ0v) is 12.1. The lowest BCUT2D eigenvalue weighted by atomic mass is 10.2. The second-order valence-corrected chi connectivity index (χ2v) is 4.52. The number of pyridine rings is 1. The van der Waals surface area contributed by atoms with Gasteiger partial charge in [-0.05, 0) is 37.3 Å². The largest absolute Gasteiger partial charge is 0.462 e. The van der Waals surface area contributed by atoms with Crippen molar-refractivity contribution in [3.8, 4) is 0 Å². The highest BCUT2D eigenvalue weighted by molar-refractivity contribution is 6.34. The van der Waals surface area contributed by atoms with Crippen LogP contribution in [0, 0.1) is 0 Å². The first-order valence-corrected chi connectivity index (χ1v) is 6.67. The summed E-state index contributed by atoms with van der Waals surface area (Å²) in [7, 11) is 0. The number of nitrogens with one attached hydrogen (secondary N) is 1. The molecule has 1 amide bonds. The van der Waals surface area contributed by atoms with Crippen molar-refractivity contribution in [1.29, 1.82) is 0 Å². The van der Waals surface area contributed by atoms with Gasteiger partial charge >= 0.3 is 5.97 Å². The molecule has 0 aliphatic rings. The third-order valence-corrected chi connectivity index (χ3v) is 2.96. The zero-order chi connectivity index (χ0) is 15.2. The number of carbonyl (C=O) groups excluding carboxylic acids is 2. The van der Waals surface area contributed by atoms with Crippen LogP contribution in [0.15, 0.2) is 42.7 Å². The predicted molar refractivity (Wildman–Crippen MR) is 79.6 cm³/mol. The van der Waals surface area contributed by atoms with Crippen molar-refractivity contribution in [3.05, 3.63) is 58.9 Å². The molecule has 2 rings (SSSR count). The lowest BCUT2D eigenvalue weighted by molar-refractivity contribution is 0.0526. The molecule has 0 unspecified atom stereocenters. The molecule has 1 aromatic carbocycles. The van der Waals surface area contributed by atoms with Gasteiger partial charge in [0.25, 0.3) is 5.91 Å². The lowest BCUT2D eigenvalue weighted by Crippen LogP contribution is -2.12. The highest BCUT2D eigenvalue weighted by Crippen LogP contribution is 2.22. The van der Waals surface area contributed by atoms with Gasteiger partial charge in [-0.15, -0.1) is 0 Å². The van der Waals surface area contributed by atoms with E-state index in [-0.39, 0.29) is 23.1 Å². The number of aromatic nitrogens is 1. The van der Waals surface area contributed by atoms with E-state index in [0.717, 1.165) is 0 Å². The van der Waals surface area contributed by atoms with E-state index in [1.165, 1.54) is 18.3 Å². The molecule has 1 N–H and O–H groups in total. The van der Waals surface area contributed by atoms with Crippen LogP contribution < -0.4 is 5.32 Å². The molecule has 21 heavy (non-hydrogen) atoms. The Morgan fingerprint density at radius 2 is 2.14 bits per heavy atom. The molecule has 6 heteroatoms. The normalized spacial score (nSPS) is 10.0. The number of nitrogens with zero attached hydrogens (tertiary/aromatic N) is 1. The number of hydrogen-bond donors (Lipinski definition) is 1. The average Bonchev–Trinajstić information content (AvgIpc) is 2.48. The fourth-order valence-corrected chi connectivity index (χ4v) is 1.93. The third-order valence-electron chi connectivity index (χ3n) is 2.65. The standard InChI is InChI=1S/C15H13ClN2O3/c1-2-21-15(20)12-6-5-11(8-13(12)16)18-14(19)10-4-3-7-17-9-10/h3-9H,2H2,1H3,(H,18,19). The van der Waals surface area contributed by atoms with Crippen LogP contribution in [0.5, 0.6) is 0 Å². The van der Waals surface area contributed by atoms with Crippen LogP contribution in [0.3, 0.4) is 0 Å². The molecule has 0 saturated heterocycles. The van der Waals surface area contributed by atoms with Gasteiger partial charge in [-0.2, -0.15) is 0 Å². The summed E-state index contributed by atoms with van der Waals surface area (Å²) < 4.78 is 4.88. The van der Waals surface area contributed by atoms with E-state index in [2.05, 4.69) is 10.3 Å². The van der Waals surface area contributed by atoms with E-state index in [1.807, 2.05) is 0 Å². The summed E-state index contributed by atoms with van der Waals surface area (Å²) in [4.78, 5) is 27.5. The Balaban J connectivity index is 2.14. The molecule has 0 radical (unpaired) electrons. The van der Waals surface area contributed by atoms with Gasteiger partial charge in [-0.1, -0.05) is 11.6 Å². The summed E-state index contributed by atoms with van der Waals surface area (Å²) in [6.07, 6.45) is 3.05. The lowest BCUT2D eigenvalue weighted by Gasteiger charge is -2.08. The molecule has 1 aromatic heterocycles. The van der Waals surface area contributed by atoms with Gasteiger partial charge in [0.2, 0.25) is 0 Å². The van der Waals surface area contributed by atoms with Gasteiger partial charge in [0.1, 0.15) is 0 Å². The number of hydrogen-bond acceptors (Lipinski definition) is 4. The van der Waals surface area contributed by atoms with Crippen LogP contribution in [-0.4, -0.2) is 23.5 Å². The van der Waals surface area contributed by atoms with Gasteiger partial charge in [-0.3, -0.25) is 9.78 Å². The Labute approximate surface area is 126 Å². The molecular weight excluding hydrogens is 292 g/mol. The van der Waals surface area contributed by atoms with Gasteiger partial charge < -0.3 is 10.1 Å². The predicted octanol–water partition coefficient (Wildman–Crippen LogP) is 3.16. The monoisotopic (exact) mass is 304 g/mol. The van der Waals surface area contributed by atoms with Crippen LogP contribution in [0.1, 0.15) is 27.6 Å². The van der Waals surface area contributed by atoms with Crippen LogP contribution in [0.2, 0.25) is 5.02 Å². The number of ether oxygens (including phenoxy) is 1. The second-order valence-electron chi connectivity index (χ2n) is 4.11. The first kappa shape index (κ1) is 15.0. The third kappa shape index (κ3) is 3.79. The Bertz CT molecular complexity index is 659. The van der Waals surface area contributed by atoms with Crippen LogP contribution >= 0.6 is 11.6 Å². The Morgan fingerprint density at radius 1 is 1.33 bits per heavy atom. The molecule has 0 atom stereocenters. The number of benzene rings is 1. The minimum absolute atomic E-state index is 0.220. The van der Waals surface area contributed by atoms with E-state index in [9.17, 15) is 9.59 Å². The fraction of sp³-hybridized carbons (Fsp3) is 0.133. The van der Waals surface area contributed by atoms with Crippen molar-refractivity contribution in [2.75, 3.05) is 11.9 Å². The number of halogens is 1. The van der Waals surface area contributed by atoms with Gasteiger partial charge in [0.05, 0.1) is 22.8 Å². The fourth-order valence-electron chi connectivity index (χ4n) is 1.67. The molecule has 2 aromatic rings. The molecule has 5 nitrogen and oxygen atoms in total. The maximum absolute atomic E-state index is 12.0. The average molecular weight is 305 g/mol. The summed E-state index contributed by atoms with van der Waals surface area (Å²) in [6, 6.07) is 7.93. The van der Waals surface area contributed by atoms with Crippen molar-refractivity contribution < 1.29 is 14.3 Å². The molecule has 108 valence electrons. The maximum atomic E-state index is 12.0. The van der Waals surface area contributed by atoms with Crippen molar-refractivity contribution in [2.24, 2.45) is 0 Å². The highest BCUT2D eigenvalue weighted by atomic mass is 35.5. The Hall–Kier alpha value is -2.40. The molecule has 0 fully saturated rings. The zero-order valence-electron chi connectivity index (χ0n) is 11.3. The van der Waals surface area contributed by atoms with E-state index in [1.54, 1.807) is 31.3 Å². The molecule has 0 bridgehead atoms. The second kappa shape index (κ2) is 6.85. The highest BCUT2D eigenvalue weighted by Gasteiger charge is 2.13. The van der Waals surface area contributed by atoms with Crippen LogP contribution in [0.4, 0.5) is 5.69 Å². The van der Waals surface area contributed by atoms with Crippen molar-refractivity contribution in [2.45, 2.75) is 6.92 Å². The van der Waals surface area contributed by atoms with Crippen molar-refractivity contribution >= 4 is 29.2 Å². The molecule has 0 spiro atoms. The number of rotatable bonds is 4. The topological polar surface area (TPSA) is 68.3 Å². The number of esters is 1. The van der Waals surface area contributed by atoms with E-state index >= 15 is 0 Å². The molecule has 1 heterocycles. The summed E-state index contributed by atoms with van der Waals surface area (Å²) in [6.45, 7) is 1.99. The van der Waals surface area contributed by atoms with Crippen molar-refractivity contribution in [1.82, 2.24) is 4.98 Å². The van der Waals surface area contributed by atoms with E-state index < -0.39 is 5.97 Å². The minimum atomic E-state index is -0.493. The first-order chi connectivity index (χ1) is 10.1. The maximum Gasteiger partial charge on any atom is 0.339 e. The summed E-state index contributed by atoms with van der Waals surface area (Å²) in [5.41, 5.74) is 1.18. The van der Waals surface area contributed by atoms with E-state index in [0.29, 0.717) is 11.3 Å². The number of anilines is 1. The molecule has 0 saturated carbocycles. The van der Waals surface area contributed by atoms with Crippen LogP contribution in [-0.2, 0) is 4.74 Å². The van der Waals surface area contributed by atoms with Crippen molar-refractivity contribution in [3.63, 3.8) is 0 Å². The Kier molecular flexibility index (Phi) is 4.90. The number of amides is 1. The molecule has 0 aliphatic heterocycles. The Morgan fingerprint density at radius 3 is 2.76 bits per heavy atom. The summed E-state index contributed by atoms with van der Waals surface area (Å²) >= 11 is 6.02. The van der Waals surface area contributed by atoms with Gasteiger partial charge in [-0.25, -0.2) is 4.79 Å². The van der Waals surface area contributed by atoms with Gasteiger partial charge in [0.15, 0.2) is 0 Å². The summed E-state index contributed by atoms with van der Waals surface area (Å²) in [5, 5.41) is 2.90. The molecule has 0 aliphatic carbocycles. The van der Waals surface area contributed by atoms with E-state index in [4.69, 9.17) is 16.3 Å². The summed E-state index contributed by atoms with van der Waals surface area (Å²) in [5.74, 6) is -0.796. The quantitative estimate of drug-likeness (QED) is 0.881. The first-order valence-electron chi connectivity index (χ1n) is 6.30.